The van der Waals surface area contributed by atoms with E-state index in [4.69, 9.17) is 0 Å². The average Bonchev–Trinajstić information content (AvgIpc) is 2.76. The van der Waals surface area contributed by atoms with Gasteiger partial charge in [-0.3, -0.25) is 0 Å². The number of hydrogen-bond donors (Lipinski definition) is 2. The van der Waals surface area contributed by atoms with Crippen LogP contribution in [0.25, 0.3) is 0 Å². The van der Waals surface area contributed by atoms with Gasteiger partial charge in [-0.2, -0.15) is 0 Å². The van der Waals surface area contributed by atoms with Crippen LogP contribution in [0.3, 0.4) is 0 Å². The number of benzene rings is 1. The minimum Gasteiger partial charge on any atom is -0.508 e. The van der Waals surface area contributed by atoms with Gasteiger partial charge in [0, 0.05) is 17.1 Å². The predicted octanol–water partition coefficient (Wildman–Crippen LogP) is 3.57. The van der Waals surface area contributed by atoms with Gasteiger partial charge in [-0.25, -0.2) is 4.98 Å². The number of nitrogens with zero attached hydrogens (tertiary/aromatic N) is 1. The Morgan fingerprint density at radius 3 is 2.67 bits per heavy atom. The van der Waals surface area contributed by atoms with E-state index >= 15 is 0 Å². The fourth-order valence-corrected chi connectivity index (χ4v) is 2.69. The molecule has 96 valence electrons. The van der Waals surface area contributed by atoms with Crippen molar-refractivity contribution >= 4 is 11.3 Å². The molecule has 1 aromatic carbocycles. The van der Waals surface area contributed by atoms with E-state index in [1.54, 1.807) is 23.5 Å². The van der Waals surface area contributed by atoms with Gasteiger partial charge in [-0.1, -0.05) is 12.1 Å². The SMILES string of the molecule is Cc1cnc(C(C)NC(C)c2cccc(O)c2)s1. The highest BCUT2D eigenvalue weighted by Gasteiger charge is 2.13. The molecule has 0 aliphatic carbocycles. The summed E-state index contributed by atoms with van der Waals surface area (Å²) in [6, 6.07) is 7.73. The largest absolute Gasteiger partial charge is 0.508 e. The van der Waals surface area contributed by atoms with Crippen LogP contribution in [0.5, 0.6) is 5.75 Å². The van der Waals surface area contributed by atoms with E-state index < -0.39 is 0 Å². The van der Waals surface area contributed by atoms with E-state index in [0.29, 0.717) is 5.75 Å². The van der Waals surface area contributed by atoms with Crippen molar-refractivity contribution in [2.24, 2.45) is 0 Å². The van der Waals surface area contributed by atoms with Crippen molar-refractivity contribution in [1.29, 1.82) is 0 Å². The van der Waals surface area contributed by atoms with Crippen LogP contribution >= 0.6 is 11.3 Å². The first-order valence-corrected chi connectivity index (χ1v) is 6.85. The van der Waals surface area contributed by atoms with Gasteiger partial charge in [0.25, 0.3) is 0 Å². The highest BCUT2D eigenvalue weighted by Crippen LogP contribution is 2.24. The first kappa shape index (κ1) is 13.1. The van der Waals surface area contributed by atoms with Crippen molar-refractivity contribution in [2.75, 3.05) is 0 Å². The van der Waals surface area contributed by atoms with Crippen molar-refractivity contribution in [2.45, 2.75) is 32.9 Å². The second-order valence-corrected chi connectivity index (χ2v) is 5.78. The molecule has 4 heteroatoms. The lowest BCUT2D eigenvalue weighted by Gasteiger charge is -2.19. The third-order valence-corrected chi connectivity index (χ3v) is 3.98. The van der Waals surface area contributed by atoms with Crippen LogP contribution in [0.1, 0.15) is 41.4 Å². The van der Waals surface area contributed by atoms with E-state index in [1.807, 2.05) is 18.3 Å². The third-order valence-electron chi connectivity index (χ3n) is 2.88. The van der Waals surface area contributed by atoms with Gasteiger partial charge in [0.2, 0.25) is 0 Å². The average molecular weight is 262 g/mol. The van der Waals surface area contributed by atoms with Gasteiger partial charge in [-0.15, -0.1) is 11.3 Å². The van der Waals surface area contributed by atoms with Crippen LogP contribution in [-0.2, 0) is 0 Å². The van der Waals surface area contributed by atoms with Crippen LogP contribution in [0.4, 0.5) is 0 Å². The molecule has 0 saturated heterocycles. The molecule has 18 heavy (non-hydrogen) atoms. The third kappa shape index (κ3) is 3.09. The molecule has 0 amide bonds. The van der Waals surface area contributed by atoms with Crippen molar-refractivity contribution in [3.63, 3.8) is 0 Å². The molecule has 2 atom stereocenters. The number of hydrogen-bond acceptors (Lipinski definition) is 4. The number of aromatic hydroxyl groups is 1. The molecule has 3 nitrogen and oxygen atoms in total. The van der Waals surface area contributed by atoms with Gasteiger partial charge < -0.3 is 10.4 Å². The van der Waals surface area contributed by atoms with E-state index in [1.165, 1.54) is 4.88 Å². The standard InChI is InChI=1S/C14H18N2OS/c1-9-8-15-14(18-9)11(3)16-10(2)12-5-4-6-13(17)7-12/h4-8,10-11,16-17H,1-3H3. The summed E-state index contributed by atoms with van der Waals surface area (Å²) in [7, 11) is 0. The van der Waals surface area contributed by atoms with Gasteiger partial charge in [0.15, 0.2) is 0 Å². The summed E-state index contributed by atoms with van der Waals surface area (Å²) in [5.74, 6) is 0.305. The second-order valence-electron chi connectivity index (χ2n) is 4.51. The van der Waals surface area contributed by atoms with Crippen LogP contribution < -0.4 is 5.32 Å². The van der Waals surface area contributed by atoms with Crippen molar-refractivity contribution in [1.82, 2.24) is 10.3 Å². The Bertz CT molecular complexity index is 524. The van der Waals surface area contributed by atoms with Crippen LogP contribution in [0.15, 0.2) is 30.5 Å². The number of phenolic OH excluding ortho intramolecular Hbond substituents is 1. The maximum absolute atomic E-state index is 9.48. The van der Waals surface area contributed by atoms with E-state index in [2.05, 4.69) is 31.1 Å². The lowest BCUT2D eigenvalue weighted by molar-refractivity contribution is 0.466. The first-order chi connectivity index (χ1) is 8.56. The molecule has 0 saturated carbocycles. The zero-order chi connectivity index (χ0) is 13.1. The Morgan fingerprint density at radius 2 is 2.06 bits per heavy atom. The number of phenols is 1. The summed E-state index contributed by atoms with van der Waals surface area (Å²) in [4.78, 5) is 5.61. The molecule has 1 aromatic heterocycles. The predicted molar refractivity (Wildman–Crippen MR) is 74.9 cm³/mol. The van der Waals surface area contributed by atoms with Gasteiger partial charge in [0.1, 0.15) is 10.8 Å². The second kappa shape index (κ2) is 5.50. The van der Waals surface area contributed by atoms with Crippen LogP contribution in [-0.4, -0.2) is 10.1 Å². The van der Waals surface area contributed by atoms with Gasteiger partial charge in [-0.05, 0) is 38.5 Å². The minimum absolute atomic E-state index is 0.177. The number of rotatable bonds is 4. The molecule has 0 aliphatic heterocycles. The molecule has 0 bridgehead atoms. The van der Waals surface area contributed by atoms with Crippen molar-refractivity contribution in [3.05, 3.63) is 45.9 Å². The molecule has 2 N–H and O–H groups in total. The molecule has 0 aliphatic rings. The van der Waals surface area contributed by atoms with Gasteiger partial charge >= 0.3 is 0 Å². The summed E-state index contributed by atoms with van der Waals surface area (Å²) in [6.07, 6.45) is 1.90. The van der Waals surface area contributed by atoms with E-state index in [9.17, 15) is 5.11 Å². The highest BCUT2D eigenvalue weighted by atomic mass is 32.1. The topological polar surface area (TPSA) is 45.2 Å². The molecular weight excluding hydrogens is 244 g/mol. The highest BCUT2D eigenvalue weighted by molar-refractivity contribution is 7.11. The quantitative estimate of drug-likeness (QED) is 0.885. The smallest absolute Gasteiger partial charge is 0.115 e. The summed E-state index contributed by atoms with van der Waals surface area (Å²) >= 11 is 1.71. The van der Waals surface area contributed by atoms with Gasteiger partial charge in [0.05, 0.1) is 6.04 Å². The molecule has 0 fully saturated rings. The lowest BCUT2D eigenvalue weighted by Crippen LogP contribution is -2.22. The lowest BCUT2D eigenvalue weighted by atomic mass is 10.1. The summed E-state index contributed by atoms with van der Waals surface area (Å²) in [5, 5.41) is 14.1. The van der Waals surface area contributed by atoms with E-state index in [0.717, 1.165) is 10.6 Å². The maximum atomic E-state index is 9.48. The number of aryl methyl sites for hydroxylation is 1. The van der Waals surface area contributed by atoms with Crippen molar-refractivity contribution in [3.8, 4) is 5.75 Å². The Hall–Kier alpha value is -1.39. The van der Waals surface area contributed by atoms with Crippen molar-refractivity contribution < 1.29 is 5.11 Å². The summed E-state index contributed by atoms with van der Waals surface area (Å²) in [5.41, 5.74) is 1.08. The Morgan fingerprint density at radius 1 is 1.28 bits per heavy atom. The molecule has 1 heterocycles. The molecule has 2 aromatic rings. The fourth-order valence-electron chi connectivity index (χ4n) is 1.91. The molecule has 0 radical (unpaired) electrons. The minimum atomic E-state index is 0.177. The Kier molecular flexibility index (Phi) is 3.99. The molecule has 0 spiro atoms. The normalized spacial score (nSPS) is 14.4. The molecule has 2 unspecified atom stereocenters. The maximum Gasteiger partial charge on any atom is 0.115 e. The summed E-state index contributed by atoms with van der Waals surface area (Å²) in [6.45, 7) is 6.26. The Labute approximate surface area is 112 Å². The summed E-state index contributed by atoms with van der Waals surface area (Å²) < 4.78 is 0. The zero-order valence-electron chi connectivity index (χ0n) is 10.8. The van der Waals surface area contributed by atoms with Crippen LogP contribution in [0.2, 0.25) is 0 Å². The number of aromatic nitrogens is 1. The number of nitrogens with one attached hydrogen (secondary N) is 1. The fraction of sp³-hybridized carbons (Fsp3) is 0.357. The zero-order valence-corrected chi connectivity index (χ0v) is 11.7. The molecular formula is C14H18N2OS. The number of thiazole rings is 1. The molecule has 2 rings (SSSR count). The van der Waals surface area contributed by atoms with E-state index in [-0.39, 0.29) is 12.1 Å². The van der Waals surface area contributed by atoms with Crippen LogP contribution in [0, 0.1) is 6.92 Å². The Balaban J connectivity index is 2.05. The first-order valence-electron chi connectivity index (χ1n) is 6.03. The monoisotopic (exact) mass is 262 g/mol.